The molecule has 0 aliphatic carbocycles. The number of rotatable bonds is 1. The lowest BCUT2D eigenvalue weighted by Gasteiger charge is -2.13. The van der Waals surface area contributed by atoms with Gasteiger partial charge in [-0.3, -0.25) is 14.5 Å². The fraction of sp³-hybridized carbons (Fsp3) is 0.200. The molecular weight excluding hydrogens is 166 g/mol. The van der Waals surface area contributed by atoms with Gasteiger partial charge in [-0.25, -0.2) is 0 Å². The van der Waals surface area contributed by atoms with E-state index in [1.807, 2.05) is 0 Å². The van der Waals surface area contributed by atoms with E-state index in [0.29, 0.717) is 0 Å². The maximum atomic E-state index is 10.9. The van der Waals surface area contributed by atoms with Crippen LogP contribution in [-0.4, -0.2) is 16.6 Å². The number of hydrogen-bond acceptors (Lipinski definition) is 2. The number of carbonyl (C=O) groups excluding carboxylic acids is 2. The molecule has 13 heavy (non-hydrogen) atoms. The number of hydrogen-bond donors (Lipinski definition) is 0. The molecule has 1 amide bonds. The average Bonchev–Trinajstić information content (AvgIpc) is 2.04. The molecule has 1 heterocycles. The Bertz CT molecular complexity index is 308. The largest absolute Gasteiger partial charge is 0.295 e. The van der Waals surface area contributed by atoms with Gasteiger partial charge in [0.15, 0.2) is 5.78 Å². The van der Waals surface area contributed by atoms with Crippen molar-refractivity contribution in [3.63, 3.8) is 0 Å². The van der Waals surface area contributed by atoms with E-state index in [2.05, 4.69) is 0 Å². The molecule has 0 atom stereocenters. The summed E-state index contributed by atoms with van der Waals surface area (Å²) in [6.07, 6.45) is 8.24. The number of nitrogens with zero attached hydrogens (tertiary/aromatic N) is 1. The third-order valence-electron chi connectivity index (χ3n) is 1.59. The van der Waals surface area contributed by atoms with Crippen LogP contribution in [0.25, 0.3) is 0 Å². The predicted molar refractivity (Wildman–Crippen MR) is 49.6 cm³/mol. The number of allylic oxidation sites excluding steroid dienone is 4. The summed E-state index contributed by atoms with van der Waals surface area (Å²) < 4.78 is 0. The second-order valence-corrected chi connectivity index (χ2v) is 2.81. The summed E-state index contributed by atoms with van der Waals surface area (Å²) in [6, 6.07) is 0. The number of carbonyl (C=O) groups is 2. The highest BCUT2D eigenvalue weighted by Gasteiger charge is 2.04. The van der Waals surface area contributed by atoms with Gasteiger partial charge in [-0.2, -0.15) is 0 Å². The van der Waals surface area contributed by atoms with Crippen molar-refractivity contribution in [2.24, 2.45) is 0 Å². The molecule has 3 nitrogen and oxygen atoms in total. The average molecular weight is 177 g/mol. The van der Waals surface area contributed by atoms with Crippen LogP contribution < -0.4 is 0 Å². The fourth-order valence-corrected chi connectivity index (χ4v) is 0.979. The Balaban J connectivity index is 2.74. The molecule has 0 saturated carbocycles. The first kappa shape index (κ1) is 9.45. The van der Waals surface area contributed by atoms with E-state index in [1.54, 1.807) is 24.6 Å². The van der Waals surface area contributed by atoms with Gasteiger partial charge < -0.3 is 0 Å². The normalized spacial score (nSPS) is 14.6. The zero-order chi connectivity index (χ0) is 9.84. The minimum atomic E-state index is -0.0469. The van der Waals surface area contributed by atoms with Crippen molar-refractivity contribution < 1.29 is 9.59 Å². The lowest BCUT2D eigenvalue weighted by atomic mass is 10.2. The molecule has 0 aromatic rings. The molecule has 68 valence electrons. The van der Waals surface area contributed by atoms with Gasteiger partial charge in [0.05, 0.1) is 0 Å². The summed E-state index contributed by atoms with van der Waals surface area (Å²) in [5, 5.41) is 0. The van der Waals surface area contributed by atoms with Gasteiger partial charge in [0.25, 0.3) is 0 Å². The molecule has 0 saturated heterocycles. The first-order chi connectivity index (χ1) is 6.09. The molecule has 1 aliphatic heterocycles. The second kappa shape index (κ2) is 3.85. The Morgan fingerprint density at radius 2 is 1.77 bits per heavy atom. The van der Waals surface area contributed by atoms with Gasteiger partial charge in [0, 0.05) is 19.3 Å². The van der Waals surface area contributed by atoms with Crippen LogP contribution >= 0.6 is 0 Å². The predicted octanol–water partition coefficient (Wildman–Crippen LogP) is 1.39. The van der Waals surface area contributed by atoms with Gasteiger partial charge in [0.1, 0.15) is 0 Å². The van der Waals surface area contributed by atoms with Crippen LogP contribution in [0.2, 0.25) is 0 Å². The highest BCUT2D eigenvalue weighted by Crippen LogP contribution is 2.09. The Labute approximate surface area is 77.0 Å². The molecule has 0 spiro atoms. The van der Waals surface area contributed by atoms with Crippen LogP contribution in [0.3, 0.4) is 0 Å². The molecule has 0 aromatic heterocycles. The lowest BCUT2D eigenvalue weighted by molar-refractivity contribution is -0.124. The molecule has 0 unspecified atom stereocenters. The fourth-order valence-electron chi connectivity index (χ4n) is 0.979. The molecule has 1 aliphatic rings. The third-order valence-corrected chi connectivity index (χ3v) is 1.59. The summed E-state index contributed by atoms with van der Waals surface area (Å²) in [4.78, 5) is 23.0. The van der Waals surface area contributed by atoms with E-state index in [9.17, 15) is 9.59 Å². The molecule has 3 heteroatoms. The van der Waals surface area contributed by atoms with Gasteiger partial charge in [-0.15, -0.1) is 0 Å². The third kappa shape index (κ3) is 2.71. The first-order valence-electron chi connectivity index (χ1n) is 3.97. The van der Waals surface area contributed by atoms with E-state index >= 15 is 0 Å². The van der Waals surface area contributed by atoms with Crippen molar-refractivity contribution in [2.75, 3.05) is 0 Å². The second-order valence-electron chi connectivity index (χ2n) is 2.81. The molecule has 1 rings (SSSR count). The lowest BCUT2D eigenvalue weighted by Crippen LogP contribution is -2.17. The van der Waals surface area contributed by atoms with Crippen LogP contribution in [0.15, 0.2) is 36.2 Å². The summed E-state index contributed by atoms with van der Waals surface area (Å²) >= 11 is 0. The van der Waals surface area contributed by atoms with E-state index < -0.39 is 0 Å². The smallest absolute Gasteiger partial charge is 0.227 e. The maximum absolute atomic E-state index is 10.9. The molecule has 0 N–H and O–H groups in total. The van der Waals surface area contributed by atoms with Crippen molar-refractivity contribution in [3.8, 4) is 0 Å². The summed E-state index contributed by atoms with van der Waals surface area (Å²) in [6.45, 7) is 2.97. The minimum absolute atomic E-state index is 0.000532. The van der Waals surface area contributed by atoms with Gasteiger partial charge in [0.2, 0.25) is 5.91 Å². The number of ketones is 1. The van der Waals surface area contributed by atoms with Crippen molar-refractivity contribution in [3.05, 3.63) is 36.2 Å². The highest BCUT2D eigenvalue weighted by molar-refractivity contribution is 5.89. The minimum Gasteiger partial charge on any atom is -0.295 e. The van der Waals surface area contributed by atoms with Crippen LogP contribution in [0.4, 0.5) is 0 Å². The Hall–Kier alpha value is -1.64. The van der Waals surface area contributed by atoms with E-state index in [1.165, 1.54) is 24.8 Å². The molecular formula is C10H11NO2. The van der Waals surface area contributed by atoms with Crippen molar-refractivity contribution in [1.82, 2.24) is 4.90 Å². The molecule has 0 fully saturated rings. The van der Waals surface area contributed by atoms with Gasteiger partial charge in [-0.1, -0.05) is 0 Å². The SMILES string of the molecule is CC(=O)C=C1C=CN(C(C)=O)C=C1. The van der Waals surface area contributed by atoms with Crippen LogP contribution in [-0.2, 0) is 9.59 Å². The zero-order valence-corrected chi connectivity index (χ0v) is 7.65. The highest BCUT2D eigenvalue weighted by atomic mass is 16.2. The summed E-state index contributed by atoms with van der Waals surface area (Å²) in [5.41, 5.74) is 0.810. The van der Waals surface area contributed by atoms with Crippen LogP contribution in [0, 0.1) is 0 Å². The van der Waals surface area contributed by atoms with E-state index in [-0.39, 0.29) is 11.7 Å². The van der Waals surface area contributed by atoms with Crippen molar-refractivity contribution in [1.29, 1.82) is 0 Å². The van der Waals surface area contributed by atoms with Gasteiger partial charge in [-0.05, 0) is 30.7 Å². The Kier molecular flexibility index (Phi) is 2.80. The molecule has 0 aromatic carbocycles. The molecule has 0 bridgehead atoms. The first-order valence-corrected chi connectivity index (χ1v) is 3.97. The molecule has 0 radical (unpaired) electrons. The quantitative estimate of drug-likeness (QED) is 0.567. The maximum Gasteiger partial charge on any atom is 0.227 e. The van der Waals surface area contributed by atoms with E-state index in [0.717, 1.165) is 5.57 Å². The Morgan fingerprint density at radius 1 is 1.23 bits per heavy atom. The monoisotopic (exact) mass is 177 g/mol. The van der Waals surface area contributed by atoms with Crippen LogP contribution in [0.5, 0.6) is 0 Å². The van der Waals surface area contributed by atoms with Gasteiger partial charge >= 0.3 is 0 Å². The zero-order valence-electron chi connectivity index (χ0n) is 7.65. The summed E-state index contributed by atoms with van der Waals surface area (Å²) in [7, 11) is 0. The van der Waals surface area contributed by atoms with Crippen LogP contribution in [0.1, 0.15) is 13.8 Å². The topological polar surface area (TPSA) is 37.4 Å². The standard InChI is InChI=1S/C10H11NO2/c1-8(12)7-10-3-5-11(6-4-10)9(2)13/h3-7H,1-2H3. The summed E-state index contributed by atoms with van der Waals surface area (Å²) in [5.74, 6) is -0.0463. The van der Waals surface area contributed by atoms with Crippen molar-refractivity contribution >= 4 is 11.7 Å². The Morgan fingerprint density at radius 3 is 2.15 bits per heavy atom. The van der Waals surface area contributed by atoms with Crippen molar-refractivity contribution in [2.45, 2.75) is 13.8 Å². The number of amides is 1. The van der Waals surface area contributed by atoms with E-state index in [4.69, 9.17) is 0 Å².